The van der Waals surface area contributed by atoms with Gasteiger partial charge in [0.25, 0.3) is 0 Å². The van der Waals surface area contributed by atoms with Gasteiger partial charge in [-0.2, -0.15) is 0 Å². The number of nitrogens with two attached hydrogens (primary N) is 1. The van der Waals surface area contributed by atoms with Gasteiger partial charge in [-0.05, 0) is 35.3 Å². The van der Waals surface area contributed by atoms with E-state index in [0.717, 1.165) is 17.9 Å². The van der Waals surface area contributed by atoms with Crippen molar-refractivity contribution in [2.45, 2.75) is 19.0 Å². The van der Waals surface area contributed by atoms with E-state index in [2.05, 4.69) is 23.1 Å². The summed E-state index contributed by atoms with van der Waals surface area (Å²) in [6.45, 7) is 1.99. The van der Waals surface area contributed by atoms with Crippen LogP contribution in [0.1, 0.15) is 16.7 Å². The minimum atomic E-state index is -0.266. The smallest absolute Gasteiger partial charge is 0.235 e. The zero-order valence-electron chi connectivity index (χ0n) is 13.4. The zero-order chi connectivity index (χ0) is 16.5. The summed E-state index contributed by atoms with van der Waals surface area (Å²) < 4.78 is 5.83. The third-order valence-electron chi connectivity index (χ3n) is 4.77. The van der Waals surface area contributed by atoms with Crippen LogP contribution in [-0.2, 0) is 17.8 Å². The van der Waals surface area contributed by atoms with Gasteiger partial charge in [-0.25, -0.2) is 0 Å². The molecule has 24 heavy (non-hydrogen) atoms. The highest BCUT2D eigenvalue weighted by molar-refractivity contribution is 5.80. The zero-order valence-corrected chi connectivity index (χ0v) is 13.4. The second-order valence-electron chi connectivity index (χ2n) is 6.43. The third kappa shape index (κ3) is 2.81. The molecule has 0 saturated carbocycles. The van der Waals surface area contributed by atoms with Crippen LogP contribution >= 0.6 is 0 Å². The standard InChI is InChI=1S/C20H20N2O2/c21-20(23)18-10-15-5-1-2-7-17(15)12-22(18)11-14-9-16-6-3-4-8-19(16)24-13-14/h1-9,18H,10-13H2,(H2,21,23). The number of nitrogens with zero attached hydrogens (tertiary/aromatic N) is 1. The summed E-state index contributed by atoms with van der Waals surface area (Å²) in [5, 5.41) is 0. The molecule has 0 aromatic heterocycles. The number of benzene rings is 2. The Labute approximate surface area is 141 Å². The average Bonchev–Trinajstić information content (AvgIpc) is 2.61. The number of para-hydroxylation sites is 1. The van der Waals surface area contributed by atoms with Crippen LogP contribution in [0.3, 0.4) is 0 Å². The minimum absolute atomic E-state index is 0.262. The van der Waals surface area contributed by atoms with Gasteiger partial charge < -0.3 is 10.5 Å². The van der Waals surface area contributed by atoms with Crippen molar-refractivity contribution in [1.29, 1.82) is 0 Å². The molecule has 0 saturated heterocycles. The van der Waals surface area contributed by atoms with Gasteiger partial charge in [-0.15, -0.1) is 0 Å². The first-order valence-corrected chi connectivity index (χ1v) is 8.22. The number of hydrogen-bond acceptors (Lipinski definition) is 3. The van der Waals surface area contributed by atoms with Crippen molar-refractivity contribution >= 4 is 12.0 Å². The molecule has 0 spiro atoms. The van der Waals surface area contributed by atoms with E-state index >= 15 is 0 Å². The molecule has 2 aliphatic rings. The molecule has 2 heterocycles. The molecule has 4 nitrogen and oxygen atoms in total. The molecule has 2 aromatic rings. The lowest BCUT2D eigenvalue weighted by Crippen LogP contribution is -2.49. The van der Waals surface area contributed by atoms with E-state index in [9.17, 15) is 4.79 Å². The number of carbonyl (C=O) groups excluding carboxylic acids is 1. The maximum absolute atomic E-state index is 11.9. The van der Waals surface area contributed by atoms with E-state index in [4.69, 9.17) is 10.5 Å². The number of fused-ring (bicyclic) bond motifs is 2. The first kappa shape index (κ1) is 15.0. The Bertz CT molecular complexity index is 813. The van der Waals surface area contributed by atoms with Crippen molar-refractivity contribution in [2.24, 2.45) is 5.73 Å². The van der Waals surface area contributed by atoms with E-state index in [0.29, 0.717) is 19.6 Å². The Morgan fingerprint density at radius 3 is 2.71 bits per heavy atom. The fourth-order valence-corrected chi connectivity index (χ4v) is 3.54. The lowest BCUT2D eigenvalue weighted by molar-refractivity contribution is -0.123. The highest BCUT2D eigenvalue weighted by atomic mass is 16.5. The second kappa shape index (κ2) is 6.13. The van der Waals surface area contributed by atoms with Gasteiger partial charge in [0.2, 0.25) is 5.91 Å². The SMILES string of the molecule is NC(=O)C1Cc2ccccc2CN1CC1=Cc2ccccc2OC1. The fourth-order valence-electron chi connectivity index (χ4n) is 3.54. The van der Waals surface area contributed by atoms with Gasteiger partial charge in [0.05, 0.1) is 6.04 Å². The van der Waals surface area contributed by atoms with Gasteiger partial charge in [-0.3, -0.25) is 9.69 Å². The summed E-state index contributed by atoms with van der Waals surface area (Å²) in [6, 6.07) is 16.0. The van der Waals surface area contributed by atoms with Gasteiger partial charge in [0.1, 0.15) is 12.4 Å². The van der Waals surface area contributed by atoms with Crippen LogP contribution < -0.4 is 10.5 Å². The van der Waals surface area contributed by atoms with E-state index in [1.165, 1.54) is 16.7 Å². The maximum atomic E-state index is 11.9. The highest BCUT2D eigenvalue weighted by Gasteiger charge is 2.30. The van der Waals surface area contributed by atoms with Crippen LogP contribution in [0, 0.1) is 0 Å². The molecule has 0 bridgehead atoms. The van der Waals surface area contributed by atoms with Crippen molar-refractivity contribution in [3.05, 3.63) is 70.8 Å². The maximum Gasteiger partial charge on any atom is 0.235 e. The summed E-state index contributed by atoms with van der Waals surface area (Å²) in [4.78, 5) is 14.1. The summed E-state index contributed by atoms with van der Waals surface area (Å²) in [7, 11) is 0. The normalized spacial score (nSPS) is 19.7. The summed E-state index contributed by atoms with van der Waals surface area (Å²) in [5.41, 5.74) is 10.4. The fraction of sp³-hybridized carbons (Fsp3) is 0.250. The third-order valence-corrected chi connectivity index (χ3v) is 4.77. The largest absolute Gasteiger partial charge is 0.489 e. The Morgan fingerprint density at radius 2 is 1.88 bits per heavy atom. The molecular formula is C20H20N2O2. The summed E-state index contributed by atoms with van der Waals surface area (Å²) in [5.74, 6) is 0.652. The molecule has 4 rings (SSSR count). The van der Waals surface area contributed by atoms with Crippen LogP contribution in [0.25, 0.3) is 6.08 Å². The lowest BCUT2D eigenvalue weighted by atomic mass is 9.93. The topological polar surface area (TPSA) is 55.6 Å². The monoisotopic (exact) mass is 320 g/mol. The van der Waals surface area contributed by atoms with E-state index < -0.39 is 0 Å². The van der Waals surface area contributed by atoms with Crippen LogP contribution in [0.2, 0.25) is 0 Å². The number of primary amides is 1. The molecule has 0 radical (unpaired) electrons. The number of hydrogen-bond donors (Lipinski definition) is 1. The molecule has 0 aliphatic carbocycles. The predicted molar refractivity (Wildman–Crippen MR) is 93.5 cm³/mol. The highest BCUT2D eigenvalue weighted by Crippen LogP contribution is 2.28. The Balaban J connectivity index is 1.59. The Morgan fingerprint density at radius 1 is 1.12 bits per heavy atom. The van der Waals surface area contributed by atoms with Gasteiger partial charge in [-0.1, -0.05) is 42.5 Å². The van der Waals surface area contributed by atoms with Crippen molar-refractivity contribution in [3.63, 3.8) is 0 Å². The van der Waals surface area contributed by atoms with Crippen LogP contribution in [0.15, 0.2) is 54.1 Å². The van der Waals surface area contributed by atoms with Gasteiger partial charge in [0.15, 0.2) is 0 Å². The molecule has 2 N–H and O–H groups in total. The molecule has 2 aromatic carbocycles. The van der Waals surface area contributed by atoms with E-state index in [1.807, 2.05) is 36.4 Å². The predicted octanol–water partition coefficient (Wildman–Crippen LogP) is 2.37. The molecule has 2 aliphatic heterocycles. The number of carbonyl (C=O) groups is 1. The van der Waals surface area contributed by atoms with Gasteiger partial charge >= 0.3 is 0 Å². The summed E-state index contributed by atoms with van der Waals surface area (Å²) in [6.07, 6.45) is 2.84. The quantitative estimate of drug-likeness (QED) is 0.944. The summed E-state index contributed by atoms with van der Waals surface area (Å²) >= 11 is 0. The van der Waals surface area contributed by atoms with E-state index in [1.54, 1.807) is 0 Å². The number of ether oxygens (including phenoxy) is 1. The van der Waals surface area contributed by atoms with Crippen molar-refractivity contribution in [1.82, 2.24) is 4.90 Å². The number of amides is 1. The molecule has 4 heteroatoms. The van der Waals surface area contributed by atoms with Gasteiger partial charge in [0, 0.05) is 18.7 Å². The Kier molecular flexibility index (Phi) is 3.82. The van der Waals surface area contributed by atoms with Crippen LogP contribution in [0.4, 0.5) is 0 Å². The van der Waals surface area contributed by atoms with Crippen molar-refractivity contribution in [3.8, 4) is 5.75 Å². The number of rotatable bonds is 3. The average molecular weight is 320 g/mol. The van der Waals surface area contributed by atoms with E-state index in [-0.39, 0.29) is 11.9 Å². The molecule has 1 amide bonds. The van der Waals surface area contributed by atoms with Crippen LogP contribution in [-0.4, -0.2) is 30.0 Å². The van der Waals surface area contributed by atoms with Crippen molar-refractivity contribution in [2.75, 3.05) is 13.2 Å². The second-order valence-corrected chi connectivity index (χ2v) is 6.43. The molecule has 1 atom stereocenters. The first-order valence-electron chi connectivity index (χ1n) is 8.22. The first-order chi connectivity index (χ1) is 11.7. The molecule has 122 valence electrons. The van der Waals surface area contributed by atoms with Crippen molar-refractivity contribution < 1.29 is 9.53 Å². The molecule has 1 unspecified atom stereocenters. The Hall–Kier alpha value is -2.59. The lowest BCUT2D eigenvalue weighted by Gasteiger charge is -2.36. The minimum Gasteiger partial charge on any atom is -0.489 e. The van der Waals surface area contributed by atoms with Crippen LogP contribution in [0.5, 0.6) is 5.75 Å². The molecule has 0 fully saturated rings. The molecular weight excluding hydrogens is 300 g/mol.